The average molecular weight is 501 g/mol. The van der Waals surface area contributed by atoms with E-state index in [1.165, 1.54) is 9.80 Å². The van der Waals surface area contributed by atoms with Crippen LogP contribution in [0.4, 0.5) is 11.4 Å². The molecule has 2 saturated heterocycles. The molecular weight excluding hydrogens is 479 g/mol. The smallest absolute Gasteiger partial charge is 0.316 e. The Balaban J connectivity index is 1.25. The number of anilines is 2. The molecule has 5 rings (SSSR count). The number of ether oxygens (including phenoxy) is 1. The normalized spacial score (nSPS) is 24.5. The lowest BCUT2D eigenvalue weighted by Gasteiger charge is -2.19. The first-order chi connectivity index (χ1) is 16.3. The first kappa shape index (κ1) is 22.9. The van der Waals surface area contributed by atoms with Crippen molar-refractivity contribution < 1.29 is 23.9 Å². The van der Waals surface area contributed by atoms with Crippen molar-refractivity contribution in [1.29, 1.82) is 0 Å². The second-order valence-electron chi connectivity index (χ2n) is 8.90. The number of imide groups is 1. The molecule has 0 unspecified atom stereocenters. The number of halogens is 2. The molecule has 176 valence electrons. The molecule has 2 aromatic rings. The highest BCUT2D eigenvalue weighted by Gasteiger charge is 2.48. The van der Waals surface area contributed by atoms with Crippen LogP contribution >= 0.6 is 23.2 Å². The maximum atomic E-state index is 12.8. The summed E-state index contributed by atoms with van der Waals surface area (Å²) in [6.07, 6.45) is 3.43. The standard InChI is InChI=1S/C25H22Cl2N2O5/c26-19-6-3-7-20(22(19)27)28-13-14(12-21(28)30)25(33)34-16-10-8-15(9-11-16)29-23(31)17-4-1-2-5-18(17)24(29)32/h3,6-11,14,17-18H,1-2,4-5,12-13H2/t14-,17+,18+/m0/s1. The molecular formula is C25H22Cl2N2O5. The fraction of sp³-hybridized carbons (Fsp3) is 0.360. The van der Waals surface area contributed by atoms with E-state index in [-0.39, 0.29) is 53.3 Å². The highest BCUT2D eigenvalue weighted by molar-refractivity contribution is 6.44. The van der Waals surface area contributed by atoms with Gasteiger partial charge in [0.25, 0.3) is 0 Å². The Kier molecular flexibility index (Phi) is 6.08. The van der Waals surface area contributed by atoms with Crippen LogP contribution < -0.4 is 14.5 Å². The summed E-state index contributed by atoms with van der Waals surface area (Å²) in [5.41, 5.74) is 0.932. The van der Waals surface area contributed by atoms with Gasteiger partial charge in [-0.05, 0) is 49.2 Å². The van der Waals surface area contributed by atoms with Gasteiger partial charge >= 0.3 is 5.97 Å². The topological polar surface area (TPSA) is 84.0 Å². The number of hydrogen-bond acceptors (Lipinski definition) is 5. The molecule has 2 heterocycles. The zero-order valence-electron chi connectivity index (χ0n) is 18.2. The largest absolute Gasteiger partial charge is 0.426 e. The molecule has 0 radical (unpaired) electrons. The zero-order chi connectivity index (χ0) is 24.0. The third-order valence-electron chi connectivity index (χ3n) is 6.83. The van der Waals surface area contributed by atoms with Gasteiger partial charge in [0, 0.05) is 13.0 Å². The molecule has 0 spiro atoms. The maximum absolute atomic E-state index is 12.8. The Morgan fingerprint density at radius 3 is 2.21 bits per heavy atom. The van der Waals surface area contributed by atoms with Gasteiger partial charge in [0.15, 0.2) is 0 Å². The molecule has 7 nitrogen and oxygen atoms in total. The number of hydrogen-bond donors (Lipinski definition) is 0. The number of benzene rings is 2. The van der Waals surface area contributed by atoms with E-state index in [2.05, 4.69) is 0 Å². The van der Waals surface area contributed by atoms with E-state index < -0.39 is 11.9 Å². The number of esters is 1. The second kappa shape index (κ2) is 9.04. The van der Waals surface area contributed by atoms with Crippen LogP contribution in [0.25, 0.3) is 0 Å². The van der Waals surface area contributed by atoms with E-state index in [0.717, 1.165) is 25.7 Å². The molecule has 1 aliphatic carbocycles. The van der Waals surface area contributed by atoms with Gasteiger partial charge in [0.2, 0.25) is 17.7 Å². The molecule has 3 atom stereocenters. The quantitative estimate of drug-likeness (QED) is 0.347. The minimum absolute atomic E-state index is 0.000677. The average Bonchev–Trinajstić information content (AvgIpc) is 3.34. The highest BCUT2D eigenvalue weighted by atomic mass is 35.5. The molecule has 2 aromatic carbocycles. The van der Waals surface area contributed by atoms with E-state index in [1.54, 1.807) is 42.5 Å². The first-order valence-corrected chi connectivity index (χ1v) is 12.0. The van der Waals surface area contributed by atoms with Gasteiger partial charge in [-0.25, -0.2) is 0 Å². The molecule has 2 aliphatic heterocycles. The van der Waals surface area contributed by atoms with Crippen LogP contribution in [0.3, 0.4) is 0 Å². The van der Waals surface area contributed by atoms with Crippen molar-refractivity contribution in [2.75, 3.05) is 16.3 Å². The molecule has 0 N–H and O–H groups in total. The van der Waals surface area contributed by atoms with Crippen LogP contribution in [0.5, 0.6) is 5.75 Å². The van der Waals surface area contributed by atoms with Crippen molar-refractivity contribution in [2.45, 2.75) is 32.1 Å². The van der Waals surface area contributed by atoms with E-state index in [0.29, 0.717) is 16.4 Å². The van der Waals surface area contributed by atoms with Crippen molar-refractivity contribution in [2.24, 2.45) is 17.8 Å². The van der Waals surface area contributed by atoms with Crippen LogP contribution in [-0.4, -0.2) is 30.2 Å². The van der Waals surface area contributed by atoms with Crippen molar-refractivity contribution in [3.05, 3.63) is 52.5 Å². The predicted octanol–water partition coefficient (Wildman–Crippen LogP) is 4.63. The Morgan fingerprint density at radius 1 is 0.912 bits per heavy atom. The predicted molar refractivity (Wildman–Crippen MR) is 127 cm³/mol. The van der Waals surface area contributed by atoms with E-state index >= 15 is 0 Å². The SMILES string of the molecule is O=C(Oc1ccc(N2C(=O)[C@@H]3CCCC[C@H]3C2=O)cc1)[C@H]1CC(=O)N(c2cccc(Cl)c2Cl)C1. The van der Waals surface area contributed by atoms with Gasteiger partial charge in [-0.1, -0.05) is 42.1 Å². The van der Waals surface area contributed by atoms with E-state index in [9.17, 15) is 19.2 Å². The fourth-order valence-corrected chi connectivity index (χ4v) is 5.48. The van der Waals surface area contributed by atoms with Crippen LogP contribution in [-0.2, 0) is 19.2 Å². The lowest BCUT2D eigenvalue weighted by atomic mass is 9.81. The third kappa shape index (κ3) is 3.97. The van der Waals surface area contributed by atoms with Crippen LogP contribution in [0, 0.1) is 17.8 Å². The Morgan fingerprint density at radius 2 is 1.56 bits per heavy atom. The molecule has 0 bridgehead atoms. The number of amides is 3. The van der Waals surface area contributed by atoms with Crippen LogP contribution in [0.15, 0.2) is 42.5 Å². The van der Waals surface area contributed by atoms with Crippen molar-refractivity contribution in [3.63, 3.8) is 0 Å². The van der Waals surface area contributed by atoms with E-state index in [1.807, 2.05) is 0 Å². The lowest BCUT2D eigenvalue weighted by Crippen LogP contribution is -2.30. The Bertz CT molecular complexity index is 1160. The summed E-state index contributed by atoms with van der Waals surface area (Å²) in [7, 11) is 0. The summed E-state index contributed by atoms with van der Waals surface area (Å²) >= 11 is 12.3. The minimum Gasteiger partial charge on any atom is -0.426 e. The second-order valence-corrected chi connectivity index (χ2v) is 9.69. The summed E-state index contributed by atoms with van der Waals surface area (Å²) in [6, 6.07) is 11.3. The monoisotopic (exact) mass is 500 g/mol. The molecule has 3 amide bonds. The highest BCUT2D eigenvalue weighted by Crippen LogP contribution is 2.40. The summed E-state index contributed by atoms with van der Waals surface area (Å²) < 4.78 is 5.49. The Hall–Kier alpha value is -2.90. The van der Waals surface area contributed by atoms with Gasteiger partial charge in [-0.3, -0.25) is 24.1 Å². The van der Waals surface area contributed by atoms with Crippen molar-refractivity contribution >= 4 is 58.3 Å². The third-order valence-corrected chi connectivity index (χ3v) is 7.64. The summed E-state index contributed by atoms with van der Waals surface area (Å²) in [5.74, 6) is -1.92. The minimum atomic E-state index is -0.660. The number of carbonyl (C=O) groups excluding carboxylic acids is 4. The Labute approximate surface area is 206 Å². The lowest BCUT2D eigenvalue weighted by molar-refractivity contribution is -0.139. The van der Waals surface area contributed by atoms with Gasteiger partial charge in [-0.2, -0.15) is 0 Å². The summed E-state index contributed by atoms with van der Waals surface area (Å²) in [4.78, 5) is 53.5. The van der Waals surface area contributed by atoms with Gasteiger partial charge in [-0.15, -0.1) is 0 Å². The molecule has 0 aromatic heterocycles. The van der Waals surface area contributed by atoms with E-state index in [4.69, 9.17) is 27.9 Å². The van der Waals surface area contributed by atoms with Gasteiger partial charge in [0.1, 0.15) is 5.75 Å². The molecule has 3 aliphatic rings. The summed E-state index contributed by atoms with van der Waals surface area (Å²) in [5, 5.41) is 0.584. The van der Waals surface area contributed by atoms with Crippen molar-refractivity contribution in [3.8, 4) is 5.75 Å². The number of fused-ring (bicyclic) bond motifs is 1. The molecule has 34 heavy (non-hydrogen) atoms. The van der Waals surface area contributed by atoms with Crippen LogP contribution in [0.1, 0.15) is 32.1 Å². The first-order valence-electron chi connectivity index (χ1n) is 11.3. The zero-order valence-corrected chi connectivity index (χ0v) is 19.7. The number of nitrogens with zero attached hydrogens (tertiary/aromatic N) is 2. The summed E-state index contributed by atoms with van der Waals surface area (Å²) in [6.45, 7) is 0.134. The van der Waals surface area contributed by atoms with Crippen LogP contribution in [0.2, 0.25) is 10.0 Å². The van der Waals surface area contributed by atoms with Gasteiger partial charge in [0.05, 0.1) is 39.2 Å². The molecule has 1 saturated carbocycles. The molecule has 3 fully saturated rings. The van der Waals surface area contributed by atoms with Gasteiger partial charge < -0.3 is 9.64 Å². The molecule has 9 heteroatoms. The number of carbonyl (C=O) groups is 4. The number of rotatable bonds is 4. The van der Waals surface area contributed by atoms with Crippen molar-refractivity contribution in [1.82, 2.24) is 0 Å². The fourth-order valence-electron chi connectivity index (χ4n) is 5.08. The maximum Gasteiger partial charge on any atom is 0.316 e.